The molecule has 0 fully saturated rings. The number of carbonyl (C=O) groups is 2. The number of benzene rings is 1. The van der Waals surface area contributed by atoms with Crippen molar-refractivity contribution in [3.05, 3.63) is 42.0 Å². The van der Waals surface area contributed by atoms with E-state index in [-0.39, 0.29) is 18.8 Å². The van der Waals surface area contributed by atoms with Gasteiger partial charge in [0.25, 0.3) is 0 Å². The van der Waals surface area contributed by atoms with Crippen LogP contribution < -0.4 is 4.74 Å². The highest BCUT2D eigenvalue weighted by Gasteiger charge is 2.13. The van der Waals surface area contributed by atoms with Crippen molar-refractivity contribution in [3.8, 4) is 5.75 Å². The topological polar surface area (TPSA) is 82.1 Å². The normalized spacial score (nSPS) is 11.4. The molecule has 1 aromatic rings. The van der Waals surface area contributed by atoms with Gasteiger partial charge < -0.3 is 19.3 Å². The Kier molecular flexibility index (Phi) is 6.42. The fourth-order valence-corrected chi connectivity index (χ4v) is 1.33. The van der Waals surface area contributed by atoms with Crippen molar-refractivity contribution in [2.45, 2.75) is 13.0 Å². The minimum absolute atomic E-state index is 0.234. The van der Waals surface area contributed by atoms with Gasteiger partial charge in [0.15, 0.2) is 0 Å². The molecule has 0 spiro atoms. The summed E-state index contributed by atoms with van der Waals surface area (Å²) in [5.41, 5.74) is 0.569. The predicted octanol–water partition coefficient (Wildman–Crippen LogP) is 1.33. The molecule has 0 saturated heterocycles. The Morgan fingerprint density at radius 2 is 1.76 bits per heavy atom. The van der Waals surface area contributed by atoms with Crippen LogP contribution in [0, 0.1) is 0 Å². The Bertz CT molecular complexity index is 505. The molecule has 1 rings (SSSR count). The van der Waals surface area contributed by atoms with E-state index < -0.39 is 18.0 Å². The Balaban J connectivity index is 2.37. The van der Waals surface area contributed by atoms with Crippen LogP contribution in [0.1, 0.15) is 17.3 Å². The Hall–Kier alpha value is -2.34. The highest BCUT2D eigenvalue weighted by Crippen LogP contribution is 2.12. The minimum atomic E-state index is -1.09. The molecule has 21 heavy (non-hydrogen) atoms. The lowest BCUT2D eigenvalue weighted by Gasteiger charge is -2.12. The molecular formula is C15H18O6. The summed E-state index contributed by atoms with van der Waals surface area (Å²) in [5.74, 6) is -0.559. The quantitative estimate of drug-likeness (QED) is 0.603. The molecule has 6 nitrogen and oxygen atoms in total. The number of rotatable bonds is 7. The zero-order chi connectivity index (χ0) is 15.8. The van der Waals surface area contributed by atoms with Crippen LogP contribution in [-0.2, 0) is 14.3 Å². The summed E-state index contributed by atoms with van der Waals surface area (Å²) in [7, 11) is 1.52. The maximum atomic E-state index is 11.7. The number of hydrogen-bond acceptors (Lipinski definition) is 6. The first-order valence-corrected chi connectivity index (χ1v) is 6.26. The lowest BCUT2D eigenvalue weighted by molar-refractivity contribution is -0.142. The number of esters is 2. The van der Waals surface area contributed by atoms with Crippen LogP contribution in [0.5, 0.6) is 5.75 Å². The van der Waals surface area contributed by atoms with E-state index in [2.05, 4.69) is 6.58 Å². The van der Waals surface area contributed by atoms with Gasteiger partial charge in [-0.1, -0.05) is 6.58 Å². The maximum absolute atomic E-state index is 11.7. The van der Waals surface area contributed by atoms with Crippen molar-refractivity contribution < 1.29 is 28.9 Å². The molecule has 0 amide bonds. The number of hydrogen-bond donors (Lipinski definition) is 1. The first-order chi connectivity index (χ1) is 9.93. The number of methoxy groups -OCH3 is 1. The van der Waals surface area contributed by atoms with Gasteiger partial charge in [-0.3, -0.25) is 0 Å². The molecule has 0 bridgehead atoms. The van der Waals surface area contributed by atoms with Crippen LogP contribution in [0.2, 0.25) is 0 Å². The first kappa shape index (κ1) is 16.7. The first-order valence-electron chi connectivity index (χ1n) is 6.26. The summed E-state index contributed by atoms with van der Waals surface area (Å²) in [6.07, 6.45) is -1.09. The number of ether oxygens (including phenoxy) is 3. The van der Waals surface area contributed by atoms with Crippen molar-refractivity contribution in [1.29, 1.82) is 0 Å². The van der Waals surface area contributed by atoms with E-state index in [1.807, 2.05) is 0 Å². The monoisotopic (exact) mass is 294 g/mol. The average Bonchev–Trinajstić information content (AvgIpc) is 2.50. The van der Waals surface area contributed by atoms with Crippen molar-refractivity contribution in [2.75, 3.05) is 20.3 Å². The van der Waals surface area contributed by atoms with Crippen LogP contribution in [0.25, 0.3) is 0 Å². The lowest BCUT2D eigenvalue weighted by atomic mass is 10.2. The van der Waals surface area contributed by atoms with Gasteiger partial charge in [-0.25, -0.2) is 9.59 Å². The van der Waals surface area contributed by atoms with Gasteiger partial charge in [0.1, 0.15) is 25.1 Å². The number of aliphatic hydroxyl groups excluding tert-OH is 1. The van der Waals surface area contributed by atoms with Gasteiger partial charge in [0, 0.05) is 5.57 Å². The highest BCUT2D eigenvalue weighted by molar-refractivity contribution is 5.89. The van der Waals surface area contributed by atoms with E-state index in [0.29, 0.717) is 11.3 Å². The van der Waals surface area contributed by atoms with Gasteiger partial charge in [-0.2, -0.15) is 0 Å². The van der Waals surface area contributed by atoms with E-state index in [1.165, 1.54) is 14.0 Å². The SMILES string of the molecule is C=C(C)C(=O)OCC(O)COC(=O)c1ccc(OC)cc1. The predicted molar refractivity (Wildman–Crippen MR) is 75.1 cm³/mol. The fraction of sp³-hybridized carbons (Fsp3) is 0.333. The van der Waals surface area contributed by atoms with E-state index in [9.17, 15) is 14.7 Å². The van der Waals surface area contributed by atoms with Crippen LogP contribution in [0.4, 0.5) is 0 Å². The van der Waals surface area contributed by atoms with E-state index >= 15 is 0 Å². The largest absolute Gasteiger partial charge is 0.497 e. The molecule has 0 saturated carbocycles. The van der Waals surface area contributed by atoms with Crippen LogP contribution >= 0.6 is 0 Å². The van der Waals surface area contributed by atoms with Gasteiger partial charge >= 0.3 is 11.9 Å². The second-order valence-corrected chi connectivity index (χ2v) is 4.36. The molecule has 1 N–H and O–H groups in total. The van der Waals surface area contributed by atoms with Gasteiger partial charge in [0.05, 0.1) is 12.7 Å². The van der Waals surface area contributed by atoms with Crippen LogP contribution in [0.3, 0.4) is 0 Å². The molecule has 0 aliphatic rings. The van der Waals surface area contributed by atoms with E-state index in [0.717, 1.165) is 0 Å². The maximum Gasteiger partial charge on any atom is 0.338 e. The third kappa shape index (κ3) is 5.66. The van der Waals surface area contributed by atoms with Crippen molar-refractivity contribution >= 4 is 11.9 Å². The van der Waals surface area contributed by atoms with Crippen LogP contribution in [-0.4, -0.2) is 43.5 Å². The molecule has 114 valence electrons. The smallest absolute Gasteiger partial charge is 0.338 e. The average molecular weight is 294 g/mol. The van der Waals surface area contributed by atoms with Crippen molar-refractivity contribution in [2.24, 2.45) is 0 Å². The molecule has 0 heterocycles. The zero-order valence-electron chi connectivity index (χ0n) is 12.0. The Morgan fingerprint density at radius 1 is 1.19 bits per heavy atom. The molecule has 1 atom stereocenters. The summed E-state index contributed by atoms with van der Waals surface area (Å²) in [5, 5.41) is 9.55. The summed E-state index contributed by atoms with van der Waals surface area (Å²) in [6, 6.07) is 6.35. The molecular weight excluding hydrogens is 276 g/mol. The molecule has 0 aliphatic carbocycles. The molecule has 1 unspecified atom stereocenters. The van der Waals surface area contributed by atoms with E-state index in [4.69, 9.17) is 14.2 Å². The number of aliphatic hydroxyl groups is 1. The number of carbonyl (C=O) groups excluding carboxylic acids is 2. The molecule has 0 radical (unpaired) electrons. The highest BCUT2D eigenvalue weighted by atomic mass is 16.6. The van der Waals surface area contributed by atoms with E-state index in [1.54, 1.807) is 24.3 Å². The van der Waals surface area contributed by atoms with Gasteiger partial charge in [-0.15, -0.1) is 0 Å². The van der Waals surface area contributed by atoms with Gasteiger partial charge in [0.2, 0.25) is 0 Å². The zero-order valence-corrected chi connectivity index (χ0v) is 12.0. The summed E-state index contributed by atoms with van der Waals surface area (Å²) >= 11 is 0. The molecule has 6 heteroatoms. The fourth-order valence-electron chi connectivity index (χ4n) is 1.33. The summed E-state index contributed by atoms with van der Waals surface area (Å²) in [6.45, 7) is 4.38. The second-order valence-electron chi connectivity index (χ2n) is 4.36. The Morgan fingerprint density at radius 3 is 2.29 bits per heavy atom. The Labute approximate surface area is 122 Å². The molecule has 1 aromatic carbocycles. The second kappa shape index (κ2) is 8.06. The third-order valence-corrected chi connectivity index (χ3v) is 2.49. The molecule has 0 aromatic heterocycles. The standard InChI is InChI=1S/C15H18O6/c1-10(2)14(17)20-8-12(16)9-21-15(18)11-4-6-13(19-3)7-5-11/h4-7,12,16H,1,8-9H2,2-3H3. The minimum Gasteiger partial charge on any atom is -0.497 e. The molecule has 0 aliphatic heterocycles. The summed E-state index contributed by atoms with van der Waals surface area (Å²) < 4.78 is 14.6. The third-order valence-electron chi connectivity index (χ3n) is 2.49. The lowest BCUT2D eigenvalue weighted by Crippen LogP contribution is -2.25. The summed E-state index contributed by atoms with van der Waals surface area (Å²) in [4.78, 5) is 22.8. The van der Waals surface area contributed by atoms with Crippen molar-refractivity contribution in [1.82, 2.24) is 0 Å². The van der Waals surface area contributed by atoms with Gasteiger partial charge in [-0.05, 0) is 31.2 Å². The van der Waals surface area contributed by atoms with Crippen LogP contribution in [0.15, 0.2) is 36.4 Å². The van der Waals surface area contributed by atoms with Crippen molar-refractivity contribution in [3.63, 3.8) is 0 Å².